The molecule has 1 aliphatic heterocycles. The third-order valence-electron chi connectivity index (χ3n) is 7.86. The maximum absolute atomic E-state index is 11.1. The van der Waals surface area contributed by atoms with Gasteiger partial charge in [0.1, 0.15) is 17.2 Å². The summed E-state index contributed by atoms with van der Waals surface area (Å²) in [6.07, 6.45) is 9.85. The Balaban J connectivity index is 1.30. The number of primary amides is 1. The van der Waals surface area contributed by atoms with Crippen LogP contribution in [0.2, 0.25) is 0 Å². The van der Waals surface area contributed by atoms with Gasteiger partial charge in [-0.25, -0.2) is 4.98 Å². The number of aromatic nitrogens is 1. The van der Waals surface area contributed by atoms with E-state index in [9.17, 15) is 4.79 Å². The zero-order valence-electron chi connectivity index (χ0n) is 19.5. The maximum atomic E-state index is 11.1. The van der Waals surface area contributed by atoms with E-state index >= 15 is 0 Å². The van der Waals surface area contributed by atoms with Crippen LogP contribution in [0.3, 0.4) is 0 Å². The summed E-state index contributed by atoms with van der Waals surface area (Å²) in [6.45, 7) is 6.61. The number of carbonyl (C=O) groups excluding carboxylic acids is 1. The van der Waals surface area contributed by atoms with Gasteiger partial charge in [-0.15, -0.1) is 11.3 Å². The summed E-state index contributed by atoms with van der Waals surface area (Å²) in [5, 5.41) is 1.16. The minimum absolute atomic E-state index is 0.0279. The number of aryl methyl sites for hydroxylation is 1. The lowest BCUT2D eigenvalue weighted by atomic mass is 9.77. The fourth-order valence-electron chi connectivity index (χ4n) is 6.05. The van der Waals surface area contributed by atoms with Gasteiger partial charge in [0.2, 0.25) is 5.91 Å². The van der Waals surface area contributed by atoms with E-state index < -0.39 is 5.91 Å². The number of rotatable bonds is 8. The molecule has 2 aliphatic carbocycles. The number of nitrogens with zero attached hydrogens (tertiary/aromatic N) is 2. The van der Waals surface area contributed by atoms with Crippen LogP contribution >= 0.6 is 11.3 Å². The molecule has 0 spiro atoms. The van der Waals surface area contributed by atoms with E-state index in [1.165, 1.54) is 29.7 Å². The Morgan fingerprint density at radius 1 is 1.30 bits per heavy atom. The predicted molar refractivity (Wildman–Crippen MR) is 129 cm³/mol. The lowest BCUT2D eigenvalue weighted by molar-refractivity contribution is -0.122. The highest BCUT2D eigenvalue weighted by molar-refractivity contribution is 7.19. The molecule has 7 nitrogen and oxygen atoms in total. The number of hydrogen-bond acceptors (Lipinski definition) is 7. The van der Waals surface area contributed by atoms with Gasteiger partial charge in [-0.05, 0) is 56.6 Å². The third-order valence-corrected chi connectivity index (χ3v) is 9.03. The first-order valence-corrected chi connectivity index (χ1v) is 13.2. The van der Waals surface area contributed by atoms with E-state index in [-0.39, 0.29) is 18.6 Å². The SMILES string of the molecule is CC[C@]1(N2CCOCC2)CC[C@H](Oc2ccnc3sc4c(c23)[C@@H](COCC(N)=O)CC4)CC1. The summed E-state index contributed by atoms with van der Waals surface area (Å²) >= 11 is 1.77. The second-order valence-corrected chi connectivity index (χ2v) is 10.7. The molecule has 0 bridgehead atoms. The average Bonchev–Trinajstić information content (AvgIpc) is 3.40. The molecule has 3 heterocycles. The summed E-state index contributed by atoms with van der Waals surface area (Å²) in [4.78, 5) is 20.8. The number of nitrogens with two attached hydrogens (primary N) is 1. The van der Waals surface area contributed by atoms with Crippen molar-refractivity contribution in [3.05, 3.63) is 22.7 Å². The van der Waals surface area contributed by atoms with Crippen LogP contribution < -0.4 is 10.5 Å². The molecule has 180 valence electrons. The minimum atomic E-state index is -0.424. The maximum Gasteiger partial charge on any atom is 0.243 e. The van der Waals surface area contributed by atoms with E-state index in [0.29, 0.717) is 12.1 Å². The molecule has 2 aromatic heterocycles. The second kappa shape index (κ2) is 9.86. The number of ether oxygens (including phenoxy) is 3. The molecule has 2 fully saturated rings. The van der Waals surface area contributed by atoms with Crippen molar-refractivity contribution in [1.29, 1.82) is 0 Å². The molecule has 5 rings (SSSR count). The number of thiophene rings is 1. The van der Waals surface area contributed by atoms with Crippen molar-refractivity contribution in [2.24, 2.45) is 5.73 Å². The lowest BCUT2D eigenvalue weighted by Crippen LogP contribution is -2.55. The molecule has 2 aromatic rings. The Morgan fingerprint density at radius 2 is 2.09 bits per heavy atom. The van der Waals surface area contributed by atoms with Crippen LogP contribution in [0.4, 0.5) is 0 Å². The van der Waals surface area contributed by atoms with Crippen molar-refractivity contribution in [2.45, 2.75) is 69.4 Å². The van der Waals surface area contributed by atoms with Gasteiger partial charge in [0.25, 0.3) is 0 Å². The molecule has 1 atom stereocenters. The summed E-state index contributed by atoms with van der Waals surface area (Å²) in [5.74, 6) is 0.798. The van der Waals surface area contributed by atoms with Crippen molar-refractivity contribution in [1.82, 2.24) is 9.88 Å². The van der Waals surface area contributed by atoms with Crippen LogP contribution in [0.15, 0.2) is 12.3 Å². The lowest BCUT2D eigenvalue weighted by Gasteiger charge is -2.49. The van der Waals surface area contributed by atoms with Crippen molar-refractivity contribution in [2.75, 3.05) is 39.5 Å². The van der Waals surface area contributed by atoms with Crippen LogP contribution in [-0.4, -0.2) is 67.0 Å². The van der Waals surface area contributed by atoms with E-state index in [4.69, 9.17) is 19.9 Å². The van der Waals surface area contributed by atoms with Gasteiger partial charge in [-0.1, -0.05) is 6.92 Å². The van der Waals surface area contributed by atoms with Crippen molar-refractivity contribution < 1.29 is 19.0 Å². The van der Waals surface area contributed by atoms with Gasteiger partial charge in [-0.3, -0.25) is 9.69 Å². The average molecular weight is 474 g/mol. The van der Waals surface area contributed by atoms with Crippen LogP contribution in [0.1, 0.15) is 61.8 Å². The highest BCUT2D eigenvalue weighted by Crippen LogP contribution is 2.47. The standard InChI is InChI=1S/C25H35N3O4S/c1-2-25(28-11-13-30-14-12-28)8-5-18(6-9-25)32-19-7-10-27-24-23(19)22-17(3-4-20(22)33-24)15-31-16-21(26)29/h7,10,17-18H,2-6,8-9,11-16H2,1H3,(H2,26,29)/t17-,18-,25-/m1/s1. The first-order chi connectivity index (χ1) is 16.1. The molecule has 2 N–H and O–H groups in total. The first-order valence-electron chi connectivity index (χ1n) is 12.4. The highest BCUT2D eigenvalue weighted by Gasteiger charge is 2.40. The Labute approximate surface area is 199 Å². The summed E-state index contributed by atoms with van der Waals surface area (Å²) in [6, 6.07) is 2.03. The zero-order valence-corrected chi connectivity index (χ0v) is 20.3. The molecule has 1 amide bonds. The predicted octanol–water partition coefficient (Wildman–Crippen LogP) is 3.63. The second-order valence-electron chi connectivity index (χ2n) is 9.64. The number of amides is 1. The minimum Gasteiger partial charge on any atom is -0.490 e. The molecule has 1 saturated heterocycles. The number of carbonyl (C=O) groups is 1. The fourth-order valence-corrected chi connectivity index (χ4v) is 7.31. The zero-order chi connectivity index (χ0) is 22.8. The van der Waals surface area contributed by atoms with E-state index in [1.54, 1.807) is 11.3 Å². The Morgan fingerprint density at radius 3 is 2.82 bits per heavy atom. The molecule has 0 unspecified atom stereocenters. The van der Waals surface area contributed by atoms with Crippen molar-refractivity contribution >= 4 is 27.5 Å². The molecule has 33 heavy (non-hydrogen) atoms. The quantitative estimate of drug-likeness (QED) is 0.630. The molecule has 1 saturated carbocycles. The van der Waals surface area contributed by atoms with Gasteiger partial charge < -0.3 is 19.9 Å². The number of pyridine rings is 1. The summed E-state index contributed by atoms with van der Waals surface area (Å²) < 4.78 is 17.9. The molecule has 8 heteroatoms. The molecule has 0 radical (unpaired) electrons. The Hall–Kier alpha value is -1.74. The van der Waals surface area contributed by atoms with Crippen LogP contribution in [0.5, 0.6) is 5.75 Å². The number of hydrogen-bond donors (Lipinski definition) is 1. The fraction of sp³-hybridized carbons (Fsp3) is 0.680. The highest BCUT2D eigenvalue weighted by atomic mass is 32.1. The molecular weight excluding hydrogens is 438 g/mol. The van der Waals surface area contributed by atoms with Crippen molar-refractivity contribution in [3.8, 4) is 5.75 Å². The third kappa shape index (κ3) is 4.63. The normalized spacial score (nSPS) is 28.2. The first kappa shape index (κ1) is 23.0. The van der Waals surface area contributed by atoms with E-state index in [0.717, 1.165) is 68.0 Å². The summed E-state index contributed by atoms with van der Waals surface area (Å²) in [7, 11) is 0. The molecular formula is C25H35N3O4S. The van der Waals surface area contributed by atoms with Gasteiger partial charge in [-0.2, -0.15) is 0 Å². The van der Waals surface area contributed by atoms with E-state index in [1.807, 2.05) is 12.3 Å². The Bertz CT molecular complexity index is 979. The van der Waals surface area contributed by atoms with Crippen LogP contribution in [0, 0.1) is 0 Å². The van der Waals surface area contributed by atoms with Gasteiger partial charge >= 0.3 is 0 Å². The van der Waals surface area contributed by atoms with E-state index in [2.05, 4.69) is 16.8 Å². The molecule has 0 aromatic carbocycles. The van der Waals surface area contributed by atoms with Gasteiger partial charge in [0, 0.05) is 35.6 Å². The van der Waals surface area contributed by atoms with Crippen molar-refractivity contribution in [3.63, 3.8) is 0 Å². The topological polar surface area (TPSA) is 86.9 Å². The summed E-state index contributed by atoms with van der Waals surface area (Å²) in [5.41, 5.74) is 6.86. The Kier molecular flexibility index (Phi) is 6.88. The van der Waals surface area contributed by atoms with Gasteiger partial charge in [0.05, 0.1) is 31.3 Å². The molecule has 3 aliphatic rings. The smallest absolute Gasteiger partial charge is 0.243 e. The largest absolute Gasteiger partial charge is 0.490 e. The monoisotopic (exact) mass is 473 g/mol. The van der Waals surface area contributed by atoms with Gasteiger partial charge in [0.15, 0.2) is 0 Å². The number of morpholine rings is 1. The van der Waals surface area contributed by atoms with Crippen LogP contribution in [0.25, 0.3) is 10.2 Å². The number of fused-ring (bicyclic) bond motifs is 3. The van der Waals surface area contributed by atoms with Crippen LogP contribution in [-0.2, 0) is 20.7 Å².